The number of carboxylic acid groups (broad SMARTS) is 1. The van der Waals surface area contributed by atoms with Crippen LogP contribution >= 0.6 is 11.8 Å². The lowest BCUT2D eigenvalue weighted by atomic mass is 10.3. The van der Waals surface area contributed by atoms with Crippen LogP contribution in [-0.4, -0.2) is 28.4 Å². The molecule has 5 heteroatoms. The van der Waals surface area contributed by atoms with Gasteiger partial charge in [-0.3, -0.25) is 4.79 Å². The van der Waals surface area contributed by atoms with Crippen molar-refractivity contribution in [2.75, 3.05) is 7.11 Å². The Kier molecular flexibility index (Phi) is 4.42. The molecule has 0 saturated heterocycles. The van der Waals surface area contributed by atoms with Crippen molar-refractivity contribution in [2.45, 2.75) is 23.6 Å². The molecule has 0 aliphatic carbocycles. The Bertz CT molecular complexity index is 326. The summed E-state index contributed by atoms with van der Waals surface area (Å²) in [5.41, 5.74) is 0. The van der Waals surface area contributed by atoms with E-state index in [1.165, 1.54) is 11.8 Å². The number of rotatable bonds is 5. The fourth-order valence-corrected chi connectivity index (χ4v) is 1.83. The molecule has 0 radical (unpaired) electrons. The molecule has 1 rings (SSSR count). The largest absolute Gasteiger partial charge is 0.495 e. The standard InChI is InChI=1S/C10H13NO3S/c1-3-8(10(12)13)15-9-5-4-7(14-2)6-11-9/h4-6,8H,3H2,1-2H3,(H,12,13). The Hall–Kier alpha value is -1.23. The number of carbonyl (C=O) groups is 1. The number of hydrogen-bond donors (Lipinski definition) is 1. The van der Waals surface area contributed by atoms with Gasteiger partial charge in [-0.25, -0.2) is 4.98 Å². The van der Waals surface area contributed by atoms with Crippen molar-refractivity contribution in [3.63, 3.8) is 0 Å². The third-order valence-electron chi connectivity index (χ3n) is 1.85. The van der Waals surface area contributed by atoms with E-state index in [4.69, 9.17) is 9.84 Å². The van der Waals surface area contributed by atoms with Crippen molar-refractivity contribution >= 4 is 17.7 Å². The minimum Gasteiger partial charge on any atom is -0.495 e. The second-order valence-electron chi connectivity index (χ2n) is 2.89. The summed E-state index contributed by atoms with van der Waals surface area (Å²) in [5.74, 6) is -0.136. The van der Waals surface area contributed by atoms with Gasteiger partial charge in [0.2, 0.25) is 0 Å². The van der Waals surface area contributed by atoms with Crippen LogP contribution in [0.5, 0.6) is 5.75 Å². The van der Waals surface area contributed by atoms with E-state index in [1.807, 2.05) is 6.92 Å². The summed E-state index contributed by atoms with van der Waals surface area (Å²) in [5, 5.41) is 9.12. The van der Waals surface area contributed by atoms with Crippen LogP contribution in [-0.2, 0) is 4.79 Å². The van der Waals surface area contributed by atoms with Gasteiger partial charge in [0.1, 0.15) is 11.0 Å². The lowest BCUT2D eigenvalue weighted by Gasteiger charge is -2.08. The predicted molar refractivity (Wildman–Crippen MR) is 58.4 cm³/mol. The van der Waals surface area contributed by atoms with Gasteiger partial charge in [-0.2, -0.15) is 0 Å². The van der Waals surface area contributed by atoms with Crippen LogP contribution < -0.4 is 4.74 Å². The summed E-state index contributed by atoms with van der Waals surface area (Å²) < 4.78 is 4.96. The molecule has 1 atom stereocenters. The zero-order chi connectivity index (χ0) is 11.3. The maximum Gasteiger partial charge on any atom is 0.317 e. The molecule has 1 N–H and O–H groups in total. The quantitative estimate of drug-likeness (QED) is 0.780. The predicted octanol–water partition coefficient (Wildman–Crippen LogP) is 2.05. The molecule has 0 saturated carbocycles. The van der Waals surface area contributed by atoms with E-state index in [0.29, 0.717) is 17.2 Å². The Morgan fingerprint density at radius 2 is 2.40 bits per heavy atom. The smallest absolute Gasteiger partial charge is 0.317 e. The summed E-state index contributed by atoms with van der Waals surface area (Å²) in [6.45, 7) is 1.84. The van der Waals surface area contributed by atoms with E-state index in [0.717, 1.165) is 0 Å². The highest BCUT2D eigenvalue weighted by atomic mass is 32.2. The molecule has 1 aromatic rings. The van der Waals surface area contributed by atoms with Gasteiger partial charge in [0.15, 0.2) is 0 Å². The van der Waals surface area contributed by atoms with Crippen molar-refractivity contribution in [1.29, 1.82) is 0 Å². The summed E-state index contributed by atoms with van der Waals surface area (Å²) in [7, 11) is 1.57. The summed E-state index contributed by atoms with van der Waals surface area (Å²) in [6.07, 6.45) is 2.16. The second-order valence-corrected chi connectivity index (χ2v) is 4.11. The molecule has 15 heavy (non-hydrogen) atoms. The average molecular weight is 227 g/mol. The summed E-state index contributed by atoms with van der Waals surface area (Å²) in [4.78, 5) is 14.9. The van der Waals surface area contributed by atoms with Gasteiger partial charge in [0, 0.05) is 0 Å². The Morgan fingerprint density at radius 3 is 2.80 bits per heavy atom. The van der Waals surface area contributed by atoms with Crippen molar-refractivity contribution in [2.24, 2.45) is 0 Å². The highest BCUT2D eigenvalue weighted by Crippen LogP contribution is 2.24. The SMILES string of the molecule is CCC(Sc1ccc(OC)cn1)C(=O)O. The van der Waals surface area contributed by atoms with Crippen molar-refractivity contribution in [3.8, 4) is 5.75 Å². The highest BCUT2D eigenvalue weighted by molar-refractivity contribution is 8.00. The number of hydrogen-bond acceptors (Lipinski definition) is 4. The lowest BCUT2D eigenvalue weighted by Crippen LogP contribution is -2.14. The van der Waals surface area contributed by atoms with Gasteiger partial charge in [-0.15, -0.1) is 0 Å². The van der Waals surface area contributed by atoms with Crippen LogP contribution in [0.2, 0.25) is 0 Å². The molecular formula is C10H13NO3S. The van der Waals surface area contributed by atoms with E-state index >= 15 is 0 Å². The van der Waals surface area contributed by atoms with Gasteiger partial charge in [0.25, 0.3) is 0 Å². The molecule has 0 amide bonds. The van der Waals surface area contributed by atoms with E-state index in [9.17, 15) is 4.79 Å². The van der Waals surface area contributed by atoms with Crippen molar-refractivity contribution < 1.29 is 14.6 Å². The Morgan fingerprint density at radius 1 is 1.67 bits per heavy atom. The normalized spacial score (nSPS) is 12.1. The first-order valence-corrected chi connectivity index (χ1v) is 5.44. The molecule has 1 unspecified atom stereocenters. The minimum atomic E-state index is -0.805. The van der Waals surface area contributed by atoms with E-state index < -0.39 is 11.2 Å². The number of nitrogens with zero attached hydrogens (tertiary/aromatic N) is 1. The molecule has 1 aromatic heterocycles. The Labute approximate surface area is 92.7 Å². The summed E-state index contributed by atoms with van der Waals surface area (Å²) in [6, 6.07) is 3.53. The monoisotopic (exact) mass is 227 g/mol. The van der Waals surface area contributed by atoms with Crippen LogP contribution in [0.4, 0.5) is 0 Å². The molecule has 0 aliphatic rings. The maximum absolute atomic E-state index is 10.8. The molecule has 82 valence electrons. The van der Waals surface area contributed by atoms with E-state index in [2.05, 4.69) is 4.98 Å². The topological polar surface area (TPSA) is 59.4 Å². The second kappa shape index (κ2) is 5.60. The number of thioether (sulfide) groups is 1. The number of carboxylic acids is 1. The van der Waals surface area contributed by atoms with Crippen LogP contribution in [0.25, 0.3) is 0 Å². The third-order valence-corrected chi connectivity index (χ3v) is 3.16. The number of aliphatic carboxylic acids is 1. The first-order valence-electron chi connectivity index (χ1n) is 4.57. The van der Waals surface area contributed by atoms with Crippen LogP contribution in [0, 0.1) is 0 Å². The minimum absolute atomic E-state index is 0.439. The van der Waals surface area contributed by atoms with Crippen molar-refractivity contribution in [1.82, 2.24) is 4.98 Å². The first-order chi connectivity index (χ1) is 7.17. The van der Waals surface area contributed by atoms with Crippen LogP contribution in [0.1, 0.15) is 13.3 Å². The molecule has 0 fully saturated rings. The van der Waals surface area contributed by atoms with E-state index in [-0.39, 0.29) is 0 Å². The van der Waals surface area contributed by atoms with Gasteiger partial charge < -0.3 is 9.84 Å². The number of ether oxygens (including phenoxy) is 1. The molecule has 4 nitrogen and oxygen atoms in total. The van der Waals surface area contributed by atoms with Gasteiger partial charge in [0.05, 0.1) is 18.3 Å². The fraction of sp³-hybridized carbons (Fsp3) is 0.400. The first kappa shape index (κ1) is 11.8. The molecule has 0 bridgehead atoms. The van der Waals surface area contributed by atoms with E-state index in [1.54, 1.807) is 25.4 Å². The van der Waals surface area contributed by atoms with Crippen LogP contribution in [0.3, 0.4) is 0 Å². The molecule has 0 aliphatic heterocycles. The van der Waals surface area contributed by atoms with Crippen molar-refractivity contribution in [3.05, 3.63) is 18.3 Å². The molecular weight excluding hydrogens is 214 g/mol. The lowest BCUT2D eigenvalue weighted by molar-refractivity contribution is -0.136. The number of methoxy groups -OCH3 is 1. The van der Waals surface area contributed by atoms with Crippen LogP contribution in [0.15, 0.2) is 23.4 Å². The summed E-state index contributed by atoms with van der Waals surface area (Å²) >= 11 is 1.25. The number of pyridine rings is 1. The maximum atomic E-state index is 10.8. The third kappa shape index (κ3) is 3.43. The molecule has 0 spiro atoms. The average Bonchev–Trinajstić information content (AvgIpc) is 2.26. The zero-order valence-corrected chi connectivity index (χ0v) is 9.45. The van der Waals surface area contributed by atoms with Gasteiger partial charge >= 0.3 is 5.97 Å². The highest BCUT2D eigenvalue weighted by Gasteiger charge is 2.16. The molecule has 0 aromatic carbocycles. The fourth-order valence-electron chi connectivity index (χ4n) is 1.01. The van der Waals surface area contributed by atoms with Gasteiger partial charge in [-0.05, 0) is 18.6 Å². The number of aromatic nitrogens is 1. The van der Waals surface area contributed by atoms with Gasteiger partial charge in [-0.1, -0.05) is 18.7 Å². The Balaban J connectivity index is 2.67. The molecule has 1 heterocycles. The zero-order valence-electron chi connectivity index (χ0n) is 8.64.